The van der Waals surface area contributed by atoms with Crippen molar-refractivity contribution in [1.82, 2.24) is 4.90 Å². The minimum Gasteiger partial charge on any atom is -0.322 e. The van der Waals surface area contributed by atoms with Crippen molar-refractivity contribution in [2.24, 2.45) is 0 Å². The standard InChI is InChI=1S/C20H23ClN2O/c1-15-8-7-10-17(19(15)21)20(24)22-18-11-4-3-9-16(18)14-23-12-5-2-6-13-23/h3-4,7-11H,2,5-6,12-14H2,1H3,(H,22,24). The number of aryl methyl sites for hydroxylation is 1. The van der Waals surface area contributed by atoms with Crippen LogP contribution in [0, 0.1) is 6.92 Å². The van der Waals surface area contributed by atoms with Crippen molar-refractivity contribution < 1.29 is 4.79 Å². The third-order valence-electron chi connectivity index (χ3n) is 4.54. The molecule has 126 valence electrons. The van der Waals surface area contributed by atoms with E-state index < -0.39 is 0 Å². The number of hydrogen-bond donors (Lipinski definition) is 1. The molecule has 0 bridgehead atoms. The fraction of sp³-hybridized carbons (Fsp3) is 0.350. The number of anilines is 1. The molecule has 3 nitrogen and oxygen atoms in total. The highest BCUT2D eigenvalue weighted by atomic mass is 35.5. The molecule has 0 spiro atoms. The highest BCUT2D eigenvalue weighted by molar-refractivity contribution is 6.35. The summed E-state index contributed by atoms with van der Waals surface area (Å²) in [6, 6.07) is 13.5. The van der Waals surface area contributed by atoms with Gasteiger partial charge in [0, 0.05) is 12.2 Å². The minimum atomic E-state index is -0.158. The molecule has 1 amide bonds. The molecule has 3 rings (SSSR count). The lowest BCUT2D eigenvalue weighted by atomic mass is 10.1. The van der Waals surface area contributed by atoms with Crippen LogP contribution in [0.5, 0.6) is 0 Å². The zero-order valence-corrected chi connectivity index (χ0v) is 14.8. The van der Waals surface area contributed by atoms with Crippen LogP contribution in [0.15, 0.2) is 42.5 Å². The highest BCUT2D eigenvalue weighted by Gasteiger charge is 2.16. The average Bonchev–Trinajstić information content (AvgIpc) is 2.60. The van der Waals surface area contributed by atoms with Crippen LogP contribution < -0.4 is 5.32 Å². The van der Waals surface area contributed by atoms with Gasteiger partial charge < -0.3 is 5.32 Å². The van der Waals surface area contributed by atoms with Crippen LogP contribution in [0.25, 0.3) is 0 Å². The van der Waals surface area contributed by atoms with Gasteiger partial charge in [0.05, 0.1) is 10.6 Å². The number of carbonyl (C=O) groups is 1. The Morgan fingerprint density at radius 2 is 1.83 bits per heavy atom. The van der Waals surface area contributed by atoms with E-state index in [-0.39, 0.29) is 5.91 Å². The average molecular weight is 343 g/mol. The Bertz CT molecular complexity index is 723. The lowest BCUT2D eigenvalue weighted by Crippen LogP contribution is -2.29. The molecule has 0 saturated carbocycles. The zero-order chi connectivity index (χ0) is 16.9. The molecule has 0 atom stereocenters. The number of nitrogens with zero attached hydrogens (tertiary/aromatic N) is 1. The van der Waals surface area contributed by atoms with Crippen molar-refractivity contribution in [2.75, 3.05) is 18.4 Å². The summed E-state index contributed by atoms with van der Waals surface area (Å²) in [5.74, 6) is -0.158. The third kappa shape index (κ3) is 3.97. The van der Waals surface area contributed by atoms with Crippen LogP contribution in [-0.4, -0.2) is 23.9 Å². The van der Waals surface area contributed by atoms with Crippen molar-refractivity contribution in [3.63, 3.8) is 0 Å². The molecular weight excluding hydrogens is 320 g/mol. The Morgan fingerprint density at radius 3 is 2.62 bits per heavy atom. The predicted octanol–water partition coefficient (Wildman–Crippen LogP) is 4.89. The van der Waals surface area contributed by atoms with Crippen LogP contribution in [0.2, 0.25) is 5.02 Å². The van der Waals surface area contributed by atoms with Crippen molar-refractivity contribution in [3.8, 4) is 0 Å². The summed E-state index contributed by atoms with van der Waals surface area (Å²) >= 11 is 6.28. The molecule has 1 fully saturated rings. The van der Waals surface area contributed by atoms with Gasteiger partial charge in [0.15, 0.2) is 0 Å². The van der Waals surface area contributed by atoms with Crippen LogP contribution in [-0.2, 0) is 6.54 Å². The summed E-state index contributed by atoms with van der Waals surface area (Å²) in [4.78, 5) is 15.1. The maximum Gasteiger partial charge on any atom is 0.257 e. The summed E-state index contributed by atoms with van der Waals surface area (Å²) in [5, 5.41) is 3.55. The van der Waals surface area contributed by atoms with Crippen LogP contribution in [0.4, 0.5) is 5.69 Å². The second-order valence-corrected chi connectivity index (χ2v) is 6.76. The molecule has 0 aliphatic carbocycles. The first-order valence-corrected chi connectivity index (χ1v) is 8.89. The number of carbonyl (C=O) groups excluding carboxylic acids is 1. The van der Waals surface area contributed by atoms with Gasteiger partial charge in [-0.2, -0.15) is 0 Å². The predicted molar refractivity (Wildman–Crippen MR) is 99.7 cm³/mol. The number of halogens is 1. The van der Waals surface area contributed by atoms with Gasteiger partial charge in [0.1, 0.15) is 0 Å². The first kappa shape index (κ1) is 17.0. The van der Waals surface area contributed by atoms with Crippen molar-refractivity contribution >= 4 is 23.2 Å². The molecule has 24 heavy (non-hydrogen) atoms. The Labute approximate surface area is 148 Å². The van der Waals surface area contributed by atoms with Gasteiger partial charge in [-0.1, -0.05) is 48.4 Å². The number of nitrogens with one attached hydrogen (secondary N) is 1. The van der Waals surface area contributed by atoms with E-state index >= 15 is 0 Å². The normalized spacial score (nSPS) is 15.2. The van der Waals surface area contributed by atoms with E-state index in [2.05, 4.69) is 16.3 Å². The third-order valence-corrected chi connectivity index (χ3v) is 5.05. The summed E-state index contributed by atoms with van der Waals surface area (Å²) in [7, 11) is 0. The molecule has 1 N–H and O–H groups in total. The Kier molecular flexibility index (Phi) is 5.54. The monoisotopic (exact) mass is 342 g/mol. The largest absolute Gasteiger partial charge is 0.322 e. The number of piperidine rings is 1. The first-order valence-electron chi connectivity index (χ1n) is 8.52. The van der Waals surface area contributed by atoms with Gasteiger partial charge in [-0.3, -0.25) is 9.69 Å². The molecule has 1 aliphatic rings. The van der Waals surface area contributed by atoms with E-state index in [1.807, 2.05) is 37.3 Å². The van der Waals surface area contributed by atoms with Gasteiger partial charge >= 0.3 is 0 Å². The molecule has 0 aromatic heterocycles. The lowest BCUT2D eigenvalue weighted by molar-refractivity contribution is 0.102. The maximum atomic E-state index is 12.6. The van der Waals surface area contributed by atoms with Gasteiger partial charge in [-0.25, -0.2) is 0 Å². The quantitative estimate of drug-likeness (QED) is 0.858. The maximum absolute atomic E-state index is 12.6. The smallest absolute Gasteiger partial charge is 0.257 e. The fourth-order valence-corrected chi connectivity index (χ4v) is 3.36. The number of rotatable bonds is 4. The number of hydrogen-bond acceptors (Lipinski definition) is 2. The van der Waals surface area contributed by atoms with E-state index in [4.69, 9.17) is 11.6 Å². The molecule has 1 aliphatic heterocycles. The highest BCUT2D eigenvalue weighted by Crippen LogP contribution is 2.24. The van der Waals surface area contributed by atoms with E-state index in [1.54, 1.807) is 6.07 Å². The SMILES string of the molecule is Cc1cccc(C(=O)Nc2ccccc2CN2CCCCC2)c1Cl. The molecule has 1 saturated heterocycles. The van der Waals surface area contributed by atoms with Crippen molar-refractivity contribution in [1.29, 1.82) is 0 Å². The number of para-hydroxylation sites is 1. The zero-order valence-electron chi connectivity index (χ0n) is 14.0. The Hall–Kier alpha value is -1.84. The van der Waals surface area contributed by atoms with Crippen molar-refractivity contribution in [2.45, 2.75) is 32.7 Å². The Morgan fingerprint density at radius 1 is 1.08 bits per heavy atom. The van der Waals surface area contributed by atoms with Crippen molar-refractivity contribution in [3.05, 3.63) is 64.2 Å². The van der Waals surface area contributed by atoms with Crippen LogP contribution in [0.1, 0.15) is 40.7 Å². The van der Waals surface area contributed by atoms with Gasteiger partial charge in [-0.05, 0) is 56.1 Å². The molecule has 2 aromatic rings. The molecule has 4 heteroatoms. The minimum absolute atomic E-state index is 0.158. The van der Waals surface area contributed by atoms with Crippen LogP contribution >= 0.6 is 11.6 Å². The van der Waals surface area contributed by atoms with Gasteiger partial charge in [0.25, 0.3) is 5.91 Å². The number of amides is 1. The molecule has 2 aromatic carbocycles. The van der Waals surface area contributed by atoms with E-state index in [1.165, 1.54) is 19.3 Å². The fourth-order valence-electron chi connectivity index (χ4n) is 3.15. The molecular formula is C20H23ClN2O. The second-order valence-electron chi connectivity index (χ2n) is 6.38. The van der Waals surface area contributed by atoms with E-state index in [9.17, 15) is 4.79 Å². The van der Waals surface area contributed by atoms with Gasteiger partial charge in [-0.15, -0.1) is 0 Å². The number of likely N-dealkylation sites (tertiary alicyclic amines) is 1. The summed E-state index contributed by atoms with van der Waals surface area (Å²) in [6.45, 7) is 5.04. The van der Waals surface area contributed by atoms with E-state index in [0.717, 1.165) is 36.4 Å². The molecule has 1 heterocycles. The summed E-state index contributed by atoms with van der Waals surface area (Å²) in [5.41, 5.74) is 3.44. The first-order chi connectivity index (χ1) is 11.6. The second kappa shape index (κ2) is 7.82. The van der Waals surface area contributed by atoms with E-state index in [0.29, 0.717) is 10.6 Å². The Balaban J connectivity index is 1.77. The van der Waals surface area contributed by atoms with Crippen LogP contribution in [0.3, 0.4) is 0 Å². The molecule has 0 radical (unpaired) electrons. The molecule has 0 unspecified atom stereocenters. The summed E-state index contributed by atoms with van der Waals surface area (Å²) in [6.07, 6.45) is 3.83. The lowest BCUT2D eigenvalue weighted by Gasteiger charge is -2.27. The summed E-state index contributed by atoms with van der Waals surface area (Å²) < 4.78 is 0. The van der Waals surface area contributed by atoms with Gasteiger partial charge in [0.2, 0.25) is 0 Å². The number of benzene rings is 2. The topological polar surface area (TPSA) is 32.3 Å².